The van der Waals surface area contributed by atoms with Gasteiger partial charge < -0.3 is 0 Å². The van der Waals surface area contributed by atoms with Gasteiger partial charge in [0.25, 0.3) is 0 Å². The summed E-state index contributed by atoms with van der Waals surface area (Å²) in [5.74, 6) is 2.15. The van der Waals surface area contributed by atoms with Crippen molar-refractivity contribution in [1.29, 1.82) is 0 Å². The highest BCUT2D eigenvalue weighted by atomic mass is 14.9. The van der Waals surface area contributed by atoms with E-state index in [1.54, 1.807) is 11.1 Å². The maximum absolute atomic E-state index is 2.56. The van der Waals surface area contributed by atoms with Gasteiger partial charge in [-0.15, -0.1) is 0 Å². The first-order valence-corrected chi connectivity index (χ1v) is 11.0. The molecule has 0 unspecified atom stereocenters. The number of benzene rings is 2. The Kier molecular flexibility index (Phi) is 4.12. The van der Waals surface area contributed by atoms with E-state index < -0.39 is 0 Å². The smallest absolute Gasteiger partial charge is 0.198 e. The van der Waals surface area contributed by atoms with Crippen molar-refractivity contribution in [2.45, 2.75) is 71.1 Å². The fourth-order valence-corrected chi connectivity index (χ4v) is 5.70. The normalized spacial score (nSPS) is 20.8. The lowest BCUT2D eigenvalue weighted by Gasteiger charge is -2.38. The van der Waals surface area contributed by atoms with E-state index in [2.05, 4.69) is 75.7 Å². The number of nitrogens with zero attached hydrogens (tertiary/aromatic N) is 1. The molecule has 0 N–H and O–H groups in total. The van der Waals surface area contributed by atoms with Gasteiger partial charge in [0.2, 0.25) is 5.69 Å². The van der Waals surface area contributed by atoms with Crippen LogP contribution in [0.5, 0.6) is 0 Å². The minimum atomic E-state index is 0.558. The molecule has 1 heteroatoms. The first kappa shape index (κ1) is 17.9. The summed E-state index contributed by atoms with van der Waals surface area (Å²) in [5.41, 5.74) is 10.3. The minimum Gasteiger partial charge on any atom is -0.198 e. The number of fused-ring (bicyclic) bond motifs is 3. The van der Waals surface area contributed by atoms with E-state index in [-0.39, 0.29) is 0 Å². The highest BCUT2D eigenvalue weighted by Gasteiger charge is 2.34. The molecule has 3 aromatic rings. The van der Waals surface area contributed by atoms with E-state index in [1.165, 1.54) is 64.5 Å². The van der Waals surface area contributed by atoms with Crippen molar-refractivity contribution in [3.05, 3.63) is 64.3 Å². The van der Waals surface area contributed by atoms with Crippen LogP contribution in [0.25, 0.3) is 22.0 Å². The summed E-state index contributed by atoms with van der Waals surface area (Å²) >= 11 is 0. The van der Waals surface area contributed by atoms with E-state index in [0.29, 0.717) is 5.92 Å². The van der Waals surface area contributed by atoms with Crippen LogP contribution in [0.2, 0.25) is 0 Å². The number of rotatable bonds is 2. The maximum Gasteiger partial charge on any atom is 0.220 e. The Morgan fingerprint density at radius 3 is 2.14 bits per heavy atom. The molecule has 1 heterocycles. The summed E-state index contributed by atoms with van der Waals surface area (Å²) in [5, 5.41) is 2.75. The van der Waals surface area contributed by atoms with Crippen molar-refractivity contribution in [1.82, 2.24) is 0 Å². The van der Waals surface area contributed by atoms with E-state index in [9.17, 15) is 0 Å². The average molecular weight is 371 g/mol. The number of aryl methyl sites for hydroxylation is 2. The third-order valence-corrected chi connectivity index (χ3v) is 7.52. The number of hydrogen-bond acceptors (Lipinski definition) is 0. The second-order valence-electron chi connectivity index (χ2n) is 9.54. The zero-order chi connectivity index (χ0) is 19.6. The van der Waals surface area contributed by atoms with Gasteiger partial charge in [-0.3, -0.25) is 0 Å². The van der Waals surface area contributed by atoms with Crippen LogP contribution in [0.15, 0.2) is 36.4 Å². The topological polar surface area (TPSA) is 3.88 Å². The Labute approximate surface area is 169 Å². The van der Waals surface area contributed by atoms with Crippen molar-refractivity contribution < 1.29 is 4.57 Å². The highest BCUT2D eigenvalue weighted by Crippen LogP contribution is 2.50. The van der Waals surface area contributed by atoms with Crippen LogP contribution in [-0.2, 0) is 7.05 Å². The number of hydrogen-bond donors (Lipinski definition) is 0. The molecule has 1 saturated carbocycles. The highest BCUT2D eigenvalue weighted by molar-refractivity contribution is 5.94. The molecule has 1 nitrogen and oxygen atoms in total. The molecular weight excluding hydrogens is 338 g/mol. The lowest BCUT2D eigenvalue weighted by Crippen LogP contribution is -2.35. The fourth-order valence-electron chi connectivity index (χ4n) is 5.70. The lowest BCUT2D eigenvalue weighted by atomic mass is 9.66. The molecule has 0 amide bonds. The van der Waals surface area contributed by atoms with E-state index in [0.717, 1.165) is 11.8 Å². The molecule has 0 saturated heterocycles. The van der Waals surface area contributed by atoms with Crippen molar-refractivity contribution in [3.8, 4) is 11.3 Å². The molecule has 3 aliphatic rings. The molecule has 1 aromatic heterocycles. The fraction of sp³-hybridized carbons (Fsp3) is 0.444. The molecular formula is C27H32N+. The van der Waals surface area contributed by atoms with Gasteiger partial charge in [0.1, 0.15) is 7.05 Å². The second-order valence-corrected chi connectivity index (χ2v) is 9.54. The van der Waals surface area contributed by atoms with E-state index in [4.69, 9.17) is 0 Å². The quantitative estimate of drug-likeness (QED) is 0.435. The van der Waals surface area contributed by atoms with Gasteiger partial charge in [-0.05, 0) is 90.1 Å². The van der Waals surface area contributed by atoms with Crippen LogP contribution in [0.3, 0.4) is 0 Å². The minimum absolute atomic E-state index is 0.558. The van der Waals surface area contributed by atoms with Gasteiger partial charge in [-0.25, -0.2) is 0 Å². The SMILES string of the molecule is Cc1cc2c(cc1-c1c3ccc(C(C)C)cc3cc(C)[n+]1C)C1CCC2CC1. The van der Waals surface area contributed by atoms with Crippen molar-refractivity contribution >= 4 is 10.8 Å². The Bertz CT molecular complexity index is 1080. The van der Waals surface area contributed by atoms with Gasteiger partial charge in [-0.2, -0.15) is 4.57 Å². The zero-order valence-corrected chi connectivity index (χ0v) is 18.0. The van der Waals surface area contributed by atoms with Crippen molar-refractivity contribution in [2.75, 3.05) is 0 Å². The predicted molar refractivity (Wildman–Crippen MR) is 118 cm³/mol. The number of pyridine rings is 1. The molecule has 0 atom stereocenters. The largest absolute Gasteiger partial charge is 0.220 e. The van der Waals surface area contributed by atoms with Crippen LogP contribution >= 0.6 is 0 Å². The Hall–Kier alpha value is -2.15. The van der Waals surface area contributed by atoms with Gasteiger partial charge in [-0.1, -0.05) is 32.0 Å². The van der Waals surface area contributed by atoms with E-state index in [1.807, 2.05) is 0 Å². The van der Waals surface area contributed by atoms with Gasteiger partial charge in [0.15, 0.2) is 5.69 Å². The van der Waals surface area contributed by atoms with Gasteiger partial charge >= 0.3 is 0 Å². The van der Waals surface area contributed by atoms with Crippen molar-refractivity contribution in [2.24, 2.45) is 7.05 Å². The van der Waals surface area contributed by atoms with Crippen molar-refractivity contribution in [3.63, 3.8) is 0 Å². The average Bonchev–Trinajstić information content (AvgIpc) is 2.69. The van der Waals surface area contributed by atoms with Crippen LogP contribution in [0, 0.1) is 13.8 Å². The molecule has 28 heavy (non-hydrogen) atoms. The van der Waals surface area contributed by atoms with Gasteiger partial charge in [0.05, 0.1) is 10.9 Å². The Morgan fingerprint density at radius 1 is 0.857 bits per heavy atom. The molecule has 2 aromatic carbocycles. The summed E-state index contributed by atoms with van der Waals surface area (Å²) in [6.45, 7) is 9.11. The van der Waals surface area contributed by atoms with Crippen LogP contribution in [0.4, 0.5) is 0 Å². The molecule has 0 radical (unpaired) electrons. The third kappa shape index (κ3) is 2.63. The lowest BCUT2D eigenvalue weighted by molar-refractivity contribution is -0.665. The second kappa shape index (κ2) is 6.44. The summed E-state index contributed by atoms with van der Waals surface area (Å²) in [7, 11) is 2.23. The summed E-state index contributed by atoms with van der Waals surface area (Å²) < 4.78 is 2.40. The molecule has 6 rings (SSSR count). The summed E-state index contributed by atoms with van der Waals surface area (Å²) in [6.07, 6.45) is 5.57. The molecule has 0 aliphatic heterocycles. The van der Waals surface area contributed by atoms with Crippen LogP contribution < -0.4 is 4.57 Å². The van der Waals surface area contributed by atoms with E-state index >= 15 is 0 Å². The molecule has 3 aliphatic carbocycles. The standard InChI is InChI=1S/C27H32N/c1-16(2)21-10-11-23-22(14-21)13-18(4)28(5)27(23)24-15-26-20-8-6-19(7-9-20)25(26)12-17(24)3/h10-16,19-20H,6-9H2,1-5H3/q+1. The molecule has 0 spiro atoms. The number of aromatic nitrogens is 1. The molecule has 1 fully saturated rings. The zero-order valence-electron chi connectivity index (χ0n) is 18.0. The molecule has 144 valence electrons. The van der Waals surface area contributed by atoms with Crippen LogP contribution in [0.1, 0.15) is 85.2 Å². The van der Waals surface area contributed by atoms with Gasteiger partial charge in [0, 0.05) is 13.0 Å². The van der Waals surface area contributed by atoms with Crippen LogP contribution in [-0.4, -0.2) is 0 Å². The third-order valence-electron chi connectivity index (χ3n) is 7.52. The Morgan fingerprint density at radius 2 is 1.50 bits per heavy atom. The summed E-state index contributed by atoms with van der Waals surface area (Å²) in [6, 6.07) is 14.5. The maximum atomic E-state index is 2.56. The Balaban J connectivity index is 1.78. The predicted octanol–water partition coefficient (Wildman–Crippen LogP) is 6.83. The first-order chi connectivity index (χ1) is 13.4. The molecule has 2 bridgehead atoms. The first-order valence-electron chi connectivity index (χ1n) is 11.0. The monoisotopic (exact) mass is 370 g/mol. The summed E-state index contributed by atoms with van der Waals surface area (Å²) in [4.78, 5) is 0.